The van der Waals surface area contributed by atoms with Crippen molar-refractivity contribution in [2.75, 3.05) is 11.4 Å². The lowest BCUT2D eigenvalue weighted by Gasteiger charge is -2.25. The fraction of sp³-hybridized carbons (Fsp3) is 0.294. The molecule has 1 aliphatic heterocycles. The molecule has 0 aliphatic carbocycles. The van der Waals surface area contributed by atoms with Crippen molar-refractivity contribution in [1.29, 1.82) is 0 Å². The molecule has 21 heavy (non-hydrogen) atoms. The van der Waals surface area contributed by atoms with Gasteiger partial charge in [0, 0.05) is 30.9 Å². The zero-order valence-electron chi connectivity index (χ0n) is 11.7. The molecular weight excluding hydrogens is 270 g/mol. The lowest BCUT2D eigenvalue weighted by Crippen LogP contribution is -2.23. The third-order valence-corrected chi connectivity index (χ3v) is 3.92. The van der Waals surface area contributed by atoms with E-state index < -0.39 is 11.6 Å². The van der Waals surface area contributed by atoms with E-state index >= 15 is 0 Å². The van der Waals surface area contributed by atoms with Crippen molar-refractivity contribution in [3.8, 4) is 0 Å². The normalized spacial score (nSPS) is 18.2. The summed E-state index contributed by atoms with van der Waals surface area (Å²) in [6, 6.07) is 11.7. The molecule has 1 heterocycles. The Bertz CT molecular complexity index is 622. The second-order valence-electron chi connectivity index (χ2n) is 5.51. The van der Waals surface area contributed by atoms with Gasteiger partial charge in [0.1, 0.15) is 11.6 Å². The maximum atomic E-state index is 13.3. The molecule has 0 fully saturated rings. The molecule has 3 rings (SSSR count). The van der Waals surface area contributed by atoms with Gasteiger partial charge in [0.2, 0.25) is 0 Å². The van der Waals surface area contributed by atoms with E-state index in [1.165, 1.54) is 12.1 Å². The fourth-order valence-electron chi connectivity index (χ4n) is 2.95. The number of nitrogens with two attached hydrogens (primary N) is 1. The molecule has 0 aromatic heterocycles. The van der Waals surface area contributed by atoms with Gasteiger partial charge < -0.3 is 10.6 Å². The SMILES string of the molecule is NC1CCCN(Cc2cc(F)cc(F)c2)c2ccccc21. The van der Waals surface area contributed by atoms with Crippen molar-refractivity contribution in [2.45, 2.75) is 25.4 Å². The van der Waals surface area contributed by atoms with Crippen LogP contribution >= 0.6 is 0 Å². The minimum atomic E-state index is -0.537. The van der Waals surface area contributed by atoms with Crippen LogP contribution in [0.15, 0.2) is 42.5 Å². The Morgan fingerprint density at radius 1 is 1.10 bits per heavy atom. The first kappa shape index (κ1) is 14.0. The van der Waals surface area contributed by atoms with Crippen molar-refractivity contribution >= 4 is 5.69 Å². The molecule has 0 spiro atoms. The minimum Gasteiger partial charge on any atom is -0.367 e. The Hall–Kier alpha value is -1.94. The van der Waals surface area contributed by atoms with Gasteiger partial charge in [0.15, 0.2) is 0 Å². The number of nitrogens with zero attached hydrogens (tertiary/aromatic N) is 1. The first-order valence-electron chi connectivity index (χ1n) is 7.18. The average Bonchev–Trinajstić information content (AvgIpc) is 2.59. The van der Waals surface area contributed by atoms with Crippen LogP contribution in [0, 0.1) is 11.6 Å². The van der Waals surface area contributed by atoms with Gasteiger partial charge in [-0.3, -0.25) is 0 Å². The summed E-state index contributed by atoms with van der Waals surface area (Å²) < 4.78 is 26.7. The van der Waals surface area contributed by atoms with Gasteiger partial charge in [-0.15, -0.1) is 0 Å². The largest absolute Gasteiger partial charge is 0.367 e. The molecule has 2 nitrogen and oxygen atoms in total. The summed E-state index contributed by atoms with van der Waals surface area (Å²) in [5.74, 6) is -1.07. The number of halogens is 2. The van der Waals surface area contributed by atoms with Crippen LogP contribution in [-0.4, -0.2) is 6.54 Å². The quantitative estimate of drug-likeness (QED) is 0.911. The van der Waals surface area contributed by atoms with E-state index in [4.69, 9.17) is 5.73 Å². The second kappa shape index (κ2) is 5.82. The molecule has 1 unspecified atom stereocenters. The van der Waals surface area contributed by atoms with E-state index in [0.717, 1.165) is 36.7 Å². The molecule has 2 aromatic rings. The highest BCUT2D eigenvalue weighted by Crippen LogP contribution is 2.32. The summed E-state index contributed by atoms with van der Waals surface area (Å²) in [4.78, 5) is 2.15. The zero-order chi connectivity index (χ0) is 14.8. The van der Waals surface area contributed by atoms with Gasteiger partial charge in [-0.05, 0) is 42.2 Å². The molecule has 0 bridgehead atoms. The lowest BCUT2D eigenvalue weighted by atomic mass is 10.0. The van der Waals surface area contributed by atoms with Crippen LogP contribution in [0.5, 0.6) is 0 Å². The maximum Gasteiger partial charge on any atom is 0.126 e. The summed E-state index contributed by atoms with van der Waals surface area (Å²) in [6.45, 7) is 1.32. The Balaban J connectivity index is 1.93. The van der Waals surface area contributed by atoms with Gasteiger partial charge in [-0.25, -0.2) is 8.78 Å². The first-order chi connectivity index (χ1) is 10.1. The van der Waals surface area contributed by atoms with Gasteiger partial charge >= 0.3 is 0 Å². The zero-order valence-corrected chi connectivity index (χ0v) is 11.7. The number of hydrogen-bond donors (Lipinski definition) is 1. The van der Waals surface area contributed by atoms with E-state index in [9.17, 15) is 8.78 Å². The molecule has 0 saturated heterocycles. The first-order valence-corrected chi connectivity index (χ1v) is 7.18. The molecule has 0 amide bonds. The highest BCUT2D eigenvalue weighted by atomic mass is 19.1. The molecule has 110 valence electrons. The van der Waals surface area contributed by atoms with Gasteiger partial charge in [-0.1, -0.05) is 18.2 Å². The van der Waals surface area contributed by atoms with Crippen LogP contribution in [0.2, 0.25) is 0 Å². The Morgan fingerprint density at radius 3 is 2.57 bits per heavy atom. The van der Waals surface area contributed by atoms with Crippen LogP contribution < -0.4 is 10.6 Å². The predicted octanol–water partition coefficient (Wildman–Crippen LogP) is 3.77. The van der Waals surface area contributed by atoms with E-state index in [-0.39, 0.29) is 6.04 Å². The third-order valence-electron chi connectivity index (χ3n) is 3.92. The number of rotatable bonds is 2. The average molecular weight is 288 g/mol. The molecular formula is C17H18F2N2. The number of hydrogen-bond acceptors (Lipinski definition) is 2. The summed E-state index contributed by atoms with van der Waals surface area (Å²) in [5, 5.41) is 0. The van der Waals surface area contributed by atoms with E-state index in [1.54, 1.807) is 0 Å². The fourth-order valence-corrected chi connectivity index (χ4v) is 2.95. The predicted molar refractivity (Wildman–Crippen MR) is 80.0 cm³/mol. The van der Waals surface area contributed by atoms with Gasteiger partial charge in [0.05, 0.1) is 0 Å². The molecule has 2 N–H and O–H groups in total. The van der Waals surface area contributed by atoms with E-state index in [0.29, 0.717) is 12.1 Å². The number of para-hydroxylation sites is 1. The molecule has 2 aromatic carbocycles. The van der Waals surface area contributed by atoms with E-state index in [2.05, 4.69) is 4.90 Å². The van der Waals surface area contributed by atoms with Crippen molar-refractivity contribution in [2.24, 2.45) is 5.73 Å². The third kappa shape index (κ3) is 3.05. The smallest absolute Gasteiger partial charge is 0.126 e. The van der Waals surface area contributed by atoms with Crippen molar-refractivity contribution in [3.63, 3.8) is 0 Å². The number of anilines is 1. The van der Waals surface area contributed by atoms with Crippen LogP contribution in [0.4, 0.5) is 14.5 Å². The van der Waals surface area contributed by atoms with Crippen molar-refractivity contribution in [3.05, 3.63) is 65.2 Å². The Kier molecular flexibility index (Phi) is 3.88. The van der Waals surface area contributed by atoms with Gasteiger partial charge in [0.25, 0.3) is 0 Å². The summed E-state index contributed by atoms with van der Waals surface area (Å²) in [7, 11) is 0. The van der Waals surface area contributed by atoms with E-state index in [1.807, 2.05) is 24.3 Å². The van der Waals surface area contributed by atoms with Crippen LogP contribution in [0.1, 0.15) is 30.0 Å². The molecule has 1 atom stereocenters. The minimum absolute atomic E-state index is 0.0236. The standard InChI is InChI=1S/C17H18F2N2/c18-13-8-12(9-14(19)10-13)11-21-7-3-5-16(20)15-4-1-2-6-17(15)21/h1-2,4,6,8-10,16H,3,5,7,11,20H2. The number of benzene rings is 2. The summed E-state index contributed by atoms with van der Waals surface area (Å²) in [5.41, 5.74) is 9.01. The van der Waals surface area contributed by atoms with Crippen LogP contribution in [-0.2, 0) is 6.54 Å². The molecule has 0 radical (unpaired) electrons. The number of fused-ring (bicyclic) bond motifs is 1. The summed E-state index contributed by atoms with van der Waals surface area (Å²) >= 11 is 0. The monoisotopic (exact) mass is 288 g/mol. The molecule has 0 saturated carbocycles. The highest BCUT2D eigenvalue weighted by molar-refractivity contribution is 5.56. The molecule has 1 aliphatic rings. The van der Waals surface area contributed by atoms with Gasteiger partial charge in [-0.2, -0.15) is 0 Å². The summed E-state index contributed by atoms with van der Waals surface area (Å²) in [6.07, 6.45) is 1.89. The Labute approximate surface area is 123 Å². The highest BCUT2D eigenvalue weighted by Gasteiger charge is 2.20. The Morgan fingerprint density at radius 2 is 1.81 bits per heavy atom. The lowest BCUT2D eigenvalue weighted by molar-refractivity contribution is 0.578. The van der Waals surface area contributed by atoms with Crippen molar-refractivity contribution in [1.82, 2.24) is 0 Å². The second-order valence-corrected chi connectivity index (χ2v) is 5.51. The van der Waals surface area contributed by atoms with Crippen molar-refractivity contribution < 1.29 is 8.78 Å². The maximum absolute atomic E-state index is 13.3. The van der Waals surface area contributed by atoms with Crippen LogP contribution in [0.25, 0.3) is 0 Å². The van der Waals surface area contributed by atoms with Crippen LogP contribution in [0.3, 0.4) is 0 Å². The molecule has 4 heteroatoms. The topological polar surface area (TPSA) is 29.3 Å².